The SMILES string of the molecule is O=C(COC(=O)CN1C(=O)[C@@H]2[C@@H](C1=O)[C@H]1C=C[C@H]2C1)Nc1ccc(Cl)c(Cl)c1. The minimum absolute atomic E-state index is 0.0736. The highest BCUT2D eigenvalue weighted by atomic mass is 35.5. The van der Waals surface area contributed by atoms with Crippen molar-refractivity contribution in [2.45, 2.75) is 6.42 Å². The summed E-state index contributed by atoms with van der Waals surface area (Å²) in [6, 6.07) is 4.54. The number of amides is 3. The number of halogens is 2. The number of rotatable bonds is 5. The number of ether oxygens (including phenoxy) is 1. The van der Waals surface area contributed by atoms with Gasteiger partial charge in [0.05, 0.1) is 21.9 Å². The third-order valence-electron chi connectivity index (χ3n) is 5.42. The van der Waals surface area contributed by atoms with E-state index in [-0.39, 0.29) is 40.5 Å². The summed E-state index contributed by atoms with van der Waals surface area (Å²) in [6.45, 7) is -1.03. The molecule has 4 rings (SSSR count). The Morgan fingerprint density at radius 3 is 2.32 bits per heavy atom. The summed E-state index contributed by atoms with van der Waals surface area (Å²) in [5.74, 6) is -2.64. The van der Waals surface area contributed by atoms with E-state index in [1.165, 1.54) is 12.1 Å². The monoisotopic (exact) mass is 422 g/mol. The average Bonchev–Trinajstić information content (AvgIpc) is 3.33. The molecule has 0 radical (unpaired) electrons. The smallest absolute Gasteiger partial charge is 0.326 e. The first kappa shape index (κ1) is 19.0. The lowest BCUT2D eigenvalue weighted by molar-refractivity contribution is -0.154. The van der Waals surface area contributed by atoms with Gasteiger partial charge in [-0.05, 0) is 36.5 Å². The van der Waals surface area contributed by atoms with E-state index in [2.05, 4.69) is 5.32 Å². The number of fused-ring (bicyclic) bond motifs is 5. The summed E-state index contributed by atoms with van der Waals surface area (Å²) in [5, 5.41) is 3.14. The van der Waals surface area contributed by atoms with E-state index in [1.807, 2.05) is 12.2 Å². The molecule has 1 saturated heterocycles. The van der Waals surface area contributed by atoms with Gasteiger partial charge in [-0.25, -0.2) is 0 Å². The Morgan fingerprint density at radius 1 is 1.07 bits per heavy atom. The summed E-state index contributed by atoms with van der Waals surface area (Å²) >= 11 is 11.7. The first-order chi connectivity index (χ1) is 13.3. The molecule has 3 aliphatic rings. The van der Waals surface area contributed by atoms with Crippen molar-refractivity contribution >= 4 is 52.6 Å². The zero-order chi connectivity index (χ0) is 20.0. The molecule has 1 heterocycles. The van der Waals surface area contributed by atoms with Gasteiger partial charge < -0.3 is 10.1 Å². The van der Waals surface area contributed by atoms with Gasteiger partial charge in [0.15, 0.2) is 6.61 Å². The lowest BCUT2D eigenvalue weighted by Crippen LogP contribution is -2.38. The Labute approximate surface area is 170 Å². The summed E-state index contributed by atoms with van der Waals surface area (Å²) in [6.07, 6.45) is 4.78. The fourth-order valence-electron chi connectivity index (χ4n) is 4.21. The van der Waals surface area contributed by atoms with Gasteiger partial charge in [0.1, 0.15) is 6.54 Å². The third-order valence-corrected chi connectivity index (χ3v) is 6.16. The number of carbonyl (C=O) groups is 4. The van der Waals surface area contributed by atoms with Crippen molar-refractivity contribution < 1.29 is 23.9 Å². The van der Waals surface area contributed by atoms with Crippen LogP contribution in [0.15, 0.2) is 30.4 Å². The van der Waals surface area contributed by atoms with Crippen LogP contribution in [0.5, 0.6) is 0 Å². The molecule has 7 nitrogen and oxygen atoms in total. The topological polar surface area (TPSA) is 92.8 Å². The van der Waals surface area contributed by atoms with Gasteiger partial charge in [-0.2, -0.15) is 0 Å². The van der Waals surface area contributed by atoms with Gasteiger partial charge in [0.25, 0.3) is 5.91 Å². The maximum absolute atomic E-state index is 12.5. The second-order valence-electron chi connectivity index (χ2n) is 7.10. The lowest BCUT2D eigenvalue weighted by atomic mass is 9.85. The van der Waals surface area contributed by atoms with Gasteiger partial charge in [-0.15, -0.1) is 0 Å². The maximum atomic E-state index is 12.5. The van der Waals surface area contributed by atoms with Crippen molar-refractivity contribution in [3.63, 3.8) is 0 Å². The molecule has 9 heteroatoms. The van der Waals surface area contributed by atoms with Crippen LogP contribution in [-0.4, -0.2) is 41.7 Å². The van der Waals surface area contributed by atoms with Gasteiger partial charge >= 0.3 is 5.97 Å². The fourth-order valence-corrected chi connectivity index (χ4v) is 4.51. The normalized spacial score (nSPS) is 27.3. The van der Waals surface area contributed by atoms with E-state index in [1.54, 1.807) is 6.07 Å². The largest absolute Gasteiger partial charge is 0.454 e. The Hall–Kier alpha value is -2.38. The number of imide groups is 1. The number of nitrogens with one attached hydrogen (secondary N) is 1. The number of hydrogen-bond donors (Lipinski definition) is 1. The fraction of sp³-hybridized carbons (Fsp3) is 0.368. The van der Waals surface area contributed by atoms with Gasteiger partial charge in [-0.3, -0.25) is 24.1 Å². The number of benzene rings is 1. The van der Waals surface area contributed by atoms with Crippen LogP contribution in [0.1, 0.15) is 6.42 Å². The van der Waals surface area contributed by atoms with E-state index < -0.39 is 25.0 Å². The highest BCUT2D eigenvalue weighted by molar-refractivity contribution is 6.42. The minimum Gasteiger partial charge on any atom is -0.454 e. The number of esters is 1. The molecule has 4 atom stereocenters. The molecular weight excluding hydrogens is 407 g/mol. The minimum atomic E-state index is -0.814. The van der Waals surface area contributed by atoms with Gasteiger partial charge in [0, 0.05) is 5.69 Å². The van der Waals surface area contributed by atoms with Crippen LogP contribution in [0, 0.1) is 23.7 Å². The summed E-state index contributed by atoms with van der Waals surface area (Å²) in [5.41, 5.74) is 0.399. The van der Waals surface area contributed by atoms with Crippen molar-refractivity contribution in [2.75, 3.05) is 18.5 Å². The molecule has 1 aromatic carbocycles. The van der Waals surface area contributed by atoms with Crippen molar-refractivity contribution in [2.24, 2.45) is 23.7 Å². The maximum Gasteiger partial charge on any atom is 0.326 e. The summed E-state index contributed by atoms with van der Waals surface area (Å²) in [4.78, 5) is 50.0. The van der Waals surface area contributed by atoms with E-state index in [0.717, 1.165) is 11.3 Å². The zero-order valence-corrected chi connectivity index (χ0v) is 16.1. The van der Waals surface area contributed by atoms with Crippen molar-refractivity contribution in [1.29, 1.82) is 0 Å². The number of allylic oxidation sites excluding steroid dienone is 2. The van der Waals surface area contributed by atoms with E-state index in [4.69, 9.17) is 27.9 Å². The molecule has 1 aliphatic heterocycles. The molecule has 146 valence electrons. The lowest BCUT2D eigenvalue weighted by Gasteiger charge is -2.16. The molecule has 3 amide bonds. The number of nitrogens with zero attached hydrogens (tertiary/aromatic N) is 1. The number of likely N-dealkylation sites (tertiary alicyclic amines) is 1. The van der Waals surface area contributed by atoms with Crippen LogP contribution < -0.4 is 5.32 Å². The van der Waals surface area contributed by atoms with Crippen molar-refractivity contribution in [3.05, 3.63) is 40.4 Å². The van der Waals surface area contributed by atoms with Crippen LogP contribution in [-0.2, 0) is 23.9 Å². The predicted molar refractivity (Wildman–Crippen MR) is 100 cm³/mol. The molecule has 0 spiro atoms. The van der Waals surface area contributed by atoms with Gasteiger partial charge in [-0.1, -0.05) is 35.4 Å². The van der Waals surface area contributed by atoms with Crippen molar-refractivity contribution in [3.8, 4) is 0 Å². The Morgan fingerprint density at radius 2 is 1.71 bits per heavy atom. The number of anilines is 1. The highest BCUT2D eigenvalue weighted by Crippen LogP contribution is 2.52. The number of carbonyl (C=O) groups excluding carboxylic acids is 4. The highest BCUT2D eigenvalue weighted by Gasteiger charge is 2.59. The molecule has 0 unspecified atom stereocenters. The first-order valence-corrected chi connectivity index (χ1v) is 9.55. The first-order valence-electron chi connectivity index (χ1n) is 8.79. The van der Waals surface area contributed by atoms with Crippen LogP contribution in [0.2, 0.25) is 10.0 Å². The molecule has 0 aromatic heterocycles. The summed E-state index contributed by atoms with van der Waals surface area (Å²) < 4.78 is 4.91. The second-order valence-corrected chi connectivity index (χ2v) is 7.91. The molecule has 2 aliphatic carbocycles. The van der Waals surface area contributed by atoms with E-state index in [9.17, 15) is 19.2 Å². The standard InChI is InChI=1S/C19H16Cl2N2O5/c20-12-4-3-11(6-13(12)21)22-14(24)8-28-15(25)7-23-18(26)16-9-1-2-10(5-9)17(16)19(23)27/h1-4,6,9-10,16-17H,5,7-8H2,(H,22,24)/t9-,10-,16-,17-/m0/s1. The van der Waals surface area contributed by atoms with Gasteiger partial charge in [0.2, 0.25) is 11.8 Å². The molecule has 28 heavy (non-hydrogen) atoms. The molecule has 1 aromatic rings. The molecule has 1 saturated carbocycles. The van der Waals surface area contributed by atoms with Crippen LogP contribution >= 0.6 is 23.2 Å². The van der Waals surface area contributed by atoms with Crippen LogP contribution in [0.3, 0.4) is 0 Å². The van der Waals surface area contributed by atoms with Crippen LogP contribution in [0.25, 0.3) is 0 Å². The Bertz CT molecular complexity index is 886. The molecule has 2 bridgehead atoms. The Kier molecular flexibility index (Phi) is 4.89. The predicted octanol–water partition coefficient (Wildman–Crippen LogP) is 2.28. The third kappa shape index (κ3) is 3.29. The van der Waals surface area contributed by atoms with E-state index in [0.29, 0.717) is 10.7 Å². The number of hydrogen-bond acceptors (Lipinski definition) is 5. The quantitative estimate of drug-likeness (QED) is 0.446. The zero-order valence-electron chi connectivity index (χ0n) is 14.6. The molecular formula is C19H16Cl2N2O5. The average molecular weight is 423 g/mol. The molecule has 1 N–H and O–H groups in total. The van der Waals surface area contributed by atoms with E-state index >= 15 is 0 Å². The second kappa shape index (κ2) is 7.22. The van der Waals surface area contributed by atoms with Crippen LogP contribution in [0.4, 0.5) is 5.69 Å². The van der Waals surface area contributed by atoms with Crippen molar-refractivity contribution in [1.82, 2.24) is 4.90 Å². The Balaban J connectivity index is 1.29. The summed E-state index contributed by atoms with van der Waals surface area (Å²) in [7, 11) is 0. The molecule has 2 fully saturated rings.